The molecule has 0 aliphatic heterocycles. The summed E-state index contributed by atoms with van der Waals surface area (Å²) in [6.45, 7) is 0.419. The molecule has 0 radical (unpaired) electrons. The third-order valence-electron chi connectivity index (χ3n) is 6.25. The van der Waals surface area contributed by atoms with Crippen LogP contribution >= 0.6 is 22.7 Å². The predicted octanol–water partition coefficient (Wildman–Crippen LogP) is 6.15. The predicted molar refractivity (Wildman–Crippen MR) is 152 cm³/mol. The monoisotopic (exact) mass is 570 g/mol. The molecule has 8 nitrogen and oxygen atoms in total. The van der Waals surface area contributed by atoms with Crippen molar-refractivity contribution in [1.82, 2.24) is 0 Å². The molecule has 0 unspecified atom stereocenters. The summed E-state index contributed by atoms with van der Waals surface area (Å²) in [5, 5.41) is 19.7. The van der Waals surface area contributed by atoms with Crippen LogP contribution in [-0.2, 0) is 11.2 Å². The highest BCUT2D eigenvalue weighted by atomic mass is 32.1. The van der Waals surface area contributed by atoms with Gasteiger partial charge in [-0.05, 0) is 65.9 Å². The SMILES string of the molecule is COc1cc2sc(C(=O)CCC(=O)O)cc2cc1CCCOc1cc2cc(C(=O)CCCO)sc2cc1OC. The summed E-state index contributed by atoms with van der Waals surface area (Å²) in [7, 11) is 3.19. The van der Waals surface area contributed by atoms with Gasteiger partial charge in [0.15, 0.2) is 23.1 Å². The molecule has 0 spiro atoms. The van der Waals surface area contributed by atoms with E-state index < -0.39 is 5.97 Å². The molecule has 2 N–H and O–H groups in total. The van der Waals surface area contributed by atoms with E-state index in [-0.39, 0.29) is 31.0 Å². The highest BCUT2D eigenvalue weighted by Gasteiger charge is 2.16. The van der Waals surface area contributed by atoms with E-state index in [0.717, 1.165) is 31.5 Å². The van der Waals surface area contributed by atoms with Crippen molar-refractivity contribution in [2.75, 3.05) is 27.4 Å². The second kappa shape index (κ2) is 13.1. The molecule has 0 atom stereocenters. The van der Waals surface area contributed by atoms with E-state index in [1.807, 2.05) is 36.4 Å². The summed E-state index contributed by atoms with van der Waals surface area (Å²) in [6.07, 6.45) is 1.94. The van der Waals surface area contributed by atoms with Crippen molar-refractivity contribution in [1.29, 1.82) is 0 Å². The molecule has 0 saturated heterocycles. The first-order chi connectivity index (χ1) is 18.8. The number of methoxy groups -OCH3 is 2. The van der Waals surface area contributed by atoms with Gasteiger partial charge in [0.25, 0.3) is 0 Å². The molecule has 0 fully saturated rings. The maximum atomic E-state index is 12.4. The van der Waals surface area contributed by atoms with E-state index in [4.69, 9.17) is 24.4 Å². The number of ether oxygens (including phenoxy) is 3. The zero-order valence-electron chi connectivity index (χ0n) is 21.8. The third kappa shape index (κ3) is 6.95. The molecule has 0 bridgehead atoms. The zero-order chi connectivity index (χ0) is 27.9. The van der Waals surface area contributed by atoms with Gasteiger partial charge in [0.1, 0.15) is 5.75 Å². The number of aryl methyl sites for hydroxylation is 1. The first kappa shape index (κ1) is 28.5. The molecule has 0 aliphatic carbocycles. The number of thiophene rings is 2. The van der Waals surface area contributed by atoms with Gasteiger partial charge in [-0.1, -0.05) is 0 Å². The molecule has 2 aromatic carbocycles. The summed E-state index contributed by atoms with van der Waals surface area (Å²) in [5.41, 5.74) is 0.988. The lowest BCUT2D eigenvalue weighted by molar-refractivity contribution is -0.136. The van der Waals surface area contributed by atoms with Gasteiger partial charge in [-0.15, -0.1) is 22.7 Å². The molecule has 206 valence electrons. The van der Waals surface area contributed by atoms with Gasteiger partial charge >= 0.3 is 5.97 Å². The minimum Gasteiger partial charge on any atom is -0.496 e. The molecular formula is C29H30O8S2. The van der Waals surface area contributed by atoms with Crippen LogP contribution in [0.4, 0.5) is 0 Å². The molecule has 2 aromatic heterocycles. The van der Waals surface area contributed by atoms with Crippen molar-refractivity contribution in [3.8, 4) is 17.2 Å². The van der Waals surface area contributed by atoms with Gasteiger partial charge in [-0.3, -0.25) is 14.4 Å². The van der Waals surface area contributed by atoms with Gasteiger partial charge < -0.3 is 24.4 Å². The van der Waals surface area contributed by atoms with Gasteiger partial charge in [0.2, 0.25) is 0 Å². The minimum absolute atomic E-state index is 0.00918. The van der Waals surface area contributed by atoms with E-state index in [0.29, 0.717) is 53.5 Å². The molecule has 0 saturated carbocycles. The molecule has 2 heterocycles. The largest absolute Gasteiger partial charge is 0.496 e. The summed E-state index contributed by atoms with van der Waals surface area (Å²) in [4.78, 5) is 36.7. The van der Waals surface area contributed by atoms with Gasteiger partial charge in [0.05, 0.1) is 37.0 Å². The smallest absolute Gasteiger partial charge is 0.303 e. The number of benzene rings is 2. The van der Waals surface area contributed by atoms with Gasteiger partial charge in [-0.25, -0.2) is 0 Å². The number of hydrogen-bond donors (Lipinski definition) is 2. The molecule has 4 aromatic rings. The van der Waals surface area contributed by atoms with Crippen LogP contribution in [0.1, 0.15) is 57.0 Å². The fourth-order valence-electron chi connectivity index (χ4n) is 4.25. The number of aliphatic hydroxyl groups is 1. The Kier molecular flexibility index (Phi) is 9.55. The van der Waals surface area contributed by atoms with Crippen LogP contribution in [0.15, 0.2) is 36.4 Å². The highest BCUT2D eigenvalue weighted by molar-refractivity contribution is 7.21. The minimum atomic E-state index is -0.988. The lowest BCUT2D eigenvalue weighted by atomic mass is 10.1. The van der Waals surface area contributed by atoms with Crippen LogP contribution in [0, 0.1) is 0 Å². The van der Waals surface area contributed by atoms with Crippen LogP contribution in [-0.4, -0.2) is 55.2 Å². The third-order valence-corrected chi connectivity index (χ3v) is 8.53. The Bertz CT molecular complexity index is 1500. The normalized spacial score (nSPS) is 11.2. The lowest BCUT2D eigenvalue weighted by Gasteiger charge is -2.12. The number of ketones is 2. The van der Waals surface area contributed by atoms with Crippen molar-refractivity contribution < 1.29 is 38.8 Å². The topological polar surface area (TPSA) is 119 Å². The quantitative estimate of drug-likeness (QED) is 0.129. The second-order valence-electron chi connectivity index (χ2n) is 8.98. The fourth-order valence-corrected chi connectivity index (χ4v) is 6.33. The number of carboxylic acids is 1. The summed E-state index contributed by atoms with van der Waals surface area (Å²) < 4.78 is 19.0. The Morgan fingerprint density at radius 2 is 1.36 bits per heavy atom. The first-order valence-electron chi connectivity index (χ1n) is 12.6. The number of hydrogen-bond acceptors (Lipinski definition) is 9. The average Bonchev–Trinajstić information content (AvgIpc) is 3.55. The van der Waals surface area contributed by atoms with Crippen molar-refractivity contribution >= 4 is 60.4 Å². The van der Waals surface area contributed by atoms with E-state index in [1.54, 1.807) is 14.2 Å². The molecule has 0 amide bonds. The van der Waals surface area contributed by atoms with Crippen molar-refractivity contribution in [2.45, 2.75) is 38.5 Å². The van der Waals surface area contributed by atoms with Crippen LogP contribution in [0.5, 0.6) is 17.2 Å². The van der Waals surface area contributed by atoms with Gasteiger partial charge in [0, 0.05) is 34.9 Å². The van der Waals surface area contributed by atoms with Gasteiger partial charge in [-0.2, -0.15) is 0 Å². The fraction of sp³-hybridized carbons (Fsp3) is 0.345. The van der Waals surface area contributed by atoms with Crippen LogP contribution < -0.4 is 14.2 Å². The Morgan fingerprint density at radius 1 is 0.744 bits per heavy atom. The molecule has 39 heavy (non-hydrogen) atoms. The average molecular weight is 571 g/mol. The maximum absolute atomic E-state index is 12.4. The number of carbonyl (C=O) groups excluding carboxylic acids is 2. The standard InChI is InChI=1S/C29H30O8S2/c1-35-22-15-25-18(13-28(38-25)21(32)7-8-29(33)34)11-17(22)5-4-10-37-24-12-19-14-27(20(31)6-3-9-30)39-26(19)16-23(24)36-2/h11-16,30H,3-10H2,1-2H3,(H,33,34). The number of carbonyl (C=O) groups is 3. The Balaban J connectivity index is 1.43. The van der Waals surface area contributed by atoms with Crippen molar-refractivity contribution in [3.63, 3.8) is 0 Å². The Hall–Kier alpha value is -3.47. The summed E-state index contributed by atoms with van der Waals surface area (Å²) in [5.74, 6) is 0.769. The molecule has 4 rings (SSSR count). The lowest BCUT2D eigenvalue weighted by Crippen LogP contribution is -2.02. The van der Waals surface area contributed by atoms with E-state index in [2.05, 4.69) is 0 Å². The number of rotatable bonds is 15. The van der Waals surface area contributed by atoms with Crippen molar-refractivity contribution in [3.05, 3.63) is 51.7 Å². The first-order valence-corrected chi connectivity index (χ1v) is 14.2. The van der Waals surface area contributed by atoms with E-state index >= 15 is 0 Å². The Labute approximate surface area is 233 Å². The summed E-state index contributed by atoms with van der Waals surface area (Å²) in [6, 6.07) is 11.3. The number of Topliss-reactive ketones (excluding diaryl/α,β-unsaturated/α-hetero) is 2. The number of fused-ring (bicyclic) bond motifs is 2. The number of aliphatic carboxylic acids is 1. The second-order valence-corrected chi connectivity index (χ2v) is 11.2. The summed E-state index contributed by atoms with van der Waals surface area (Å²) >= 11 is 2.75. The zero-order valence-corrected chi connectivity index (χ0v) is 23.4. The highest BCUT2D eigenvalue weighted by Crippen LogP contribution is 2.37. The van der Waals surface area contributed by atoms with E-state index in [9.17, 15) is 14.4 Å². The maximum Gasteiger partial charge on any atom is 0.303 e. The van der Waals surface area contributed by atoms with Crippen LogP contribution in [0.3, 0.4) is 0 Å². The number of carboxylic acid groups (broad SMARTS) is 1. The van der Waals surface area contributed by atoms with E-state index in [1.165, 1.54) is 22.7 Å². The molecule has 0 aliphatic rings. The molecule has 10 heteroatoms. The molecular weight excluding hydrogens is 540 g/mol. The Morgan fingerprint density at radius 3 is 1.97 bits per heavy atom. The van der Waals surface area contributed by atoms with Crippen LogP contribution in [0.25, 0.3) is 20.2 Å². The van der Waals surface area contributed by atoms with Crippen LogP contribution in [0.2, 0.25) is 0 Å². The van der Waals surface area contributed by atoms with Crippen molar-refractivity contribution in [2.24, 2.45) is 0 Å². The number of aliphatic hydroxyl groups excluding tert-OH is 1.